The summed E-state index contributed by atoms with van der Waals surface area (Å²) in [6, 6.07) is 0.834. The summed E-state index contributed by atoms with van der Waals surface area (Å²) in [5, 5.41) is 3.52. The zero-order valence-electron chi connectivity index (χ0n) is 12.9. The number of carbonyl (C=O) groups excluding carboxylic acids is 1. The molecule has 1 saturated carbocycles. The molecule has 0 aromatic heterocycles. The molecule has 1 amide bonds. The number of hydrogen-bond donors (Lipinski definition) is 1. The summed E-state index contributed by atoms with van der Waals surface area (Å²) in [6.07, 6.45) is 8.14. The third-order valence-electron chi connectivity index (χ3n) is 5.15. The largest absolute Gasteiger partial charge is 0.338 e. The fourth-order valence-corrected chi connectivity index (χ4v) is 3.75. The fraction of sp³-hybridized carbons (Fsp3) is 0.938. The van der Waals surface area contributed by atoms with Crippen LogP contribution in [0.5, 0.6) is 0 Å². The monoisotopic (exact) mass is 266 g/mol. The fourth-order valence-electron chi connectivity index (χ4n) is 3.75. The molecule has 1 aliphatic carbocycles. The van der Waals surface area contributed by atoms with Crippen LogP contribution in [0.4, 0.5) is 0 Å². The number of nitrogens with one attached hydrogen (secondary N) is 1. The number of nitrogens with zero attached hydrogens (tertiary/aromatic N) is 1. The van der Waals surface area contributed by atoms with Crippen LogP contribution >= 0.6 is 0 Å². The van der Waals surface area contributed by atoms with E-state index in [0.717, 1.165) is 32.4 Å². The third kappa shape index (κ3) is 3.13. The minimum absolute atomic E-state index is 0.0388. The van der Waals surface area contributed by atoms with Gasteiger partial charge in [-0.15, -0.1) is 0 Å². The van der Waals surface area contributed by atoms with Crippen molar-refractivity contribution in [1.29, 1.82) is 0 Å². The zero-order valence-corrected chi connectivity index (χ0v) is 12.9. The van der Waals surface area contributed by atoms with Crippen LogP contribution < -0.4 is 5.32 Å². The van der Waals surface area contributed by atoms with E-state index in [9.17, 15) is 4.79 Å². The van der Waals surface area contributed by atoms with Gasteiger partial charge in [0.15, 0.2) is 0 Å². The Morgan fingerprint density at radius 3 is 2.47 bits per heavy atom. The Morgan fingerprint density at radius 1 is 1.32 bits per heavy atom. The third-order valence-corrected chi connectivity index (χ3v) is 5.15. The summed E-state index contributed by atoms with van der Waals surface area (Å²) in [7, 11) is 0. The predicted octanol–water partition coefficient (Wildman–Crippen LogP) is 2.95. The topological polar surface area (TPSA) is 32.3 Å². The highest BCUT2D eigenvalue weighted by molar-refractivity contribution is 5.83. The van der Waals surface area contributed by atoms with Crippen molar-refractivity contribution in [3.05, 3.63) is 0 Å². The molecule has 0 aromatic carbocycles. The summed E-state index contributed by atoms with van der Waals surface area (Å²) in [5.74, 6) is 0.427. The van der Waals surface area contributed by atoms with Gasteiger partial charge in [-0.05, 0) is 52.5 Å². The number of rotatable bonds is 5. The van der Waals surface area contributed by atoms with Crippen molar-refractivity contribution >= 4 is 5.91 Å². The Balaban J connectivity index is 2.06. The van der Waals surface area contributed by atoms with Crippen LogP contribution in [0.3, 0.4) is 0 Å². The molecule has 2 fully saturated rings. The van der Waals surface area contributed by atoms with E-state index in [0.29, 0.717) is 18.0 Å². The van der Waals surface area contributed by atoms with E-state index >= 15 is 0 Å². The number of hydrogen-bond acceptors (Lipinski definition) is 2. The van der Waals surface area contributed by atoms with Crippen molar-refractivity contribution in [1.82, 2.24) is 10.2 Å². The van der Waals surface area contributed by atoms with Crippen molar-refractivity contribution in [3.63, 3.8) is 0 Å². The minimum atomic E-state index is -0.0388. The quantitative estimate of drug-likeness (QED) is 0.830. The smallest absolute Gasteiger partial charge is 0.229 e. The highest BCUT2D eigenvalue weighted by Gasteiger charge is 2.42. The normalized spacial score (nSPS) is 26.0. The molecule has 110 valence electrons. The van der Waals surface area contributed by atoms with Gasteiger partial charge in [0.1, 0.15) is 0 Å². The van der Waals surface area contributed by atoms with Crippen LogP contribution in [-0.4, -0.2) is 36.0 Å². The zero-order chi connectivity index (χ0) is 13.9. The molecule has 19 heavy (non-hydrogen) atoms. The van der Waals surface area contributed by atoms with Crippen molar-refractivity contribution in [2.45, 2.75) is 77.8 Å². The first-order valence-electron chi connectivity index (χ1n) is 8.13. The van der Waals surface area contributed by atoms with Gasteiger partial charge in [-0.25, -0.2) is 0 Å². The first-order chi connectivity index (χ1) is 9.09. The van der Waals surface area contributed by atoms with Gasteiger partial charge in [0.25, 0.3) is 0 Å². The van der Waals surface area contributed by atoms with Gasteiger partial charge in [-0.3, -0.25) is 4.79 Å². The average molecular weight is 266 g/mol. The summed E-state index contributed by atoms with van der Waals surface area (Å²) < 4.78 is 0. The van der Waals surface area contributed by atoms with E-state index in [4.69, 9.17) is 0 Å². The molecular weight excluding hydrogens is 236 g/mol. The van der Waals surface area contributed by atoms with Gasteiger partial charge in [-0.2, -0.15) is 0 Å². The van der Waals surface area contributed by atoms with Crippen LogP contribution in [0.2, 0.25) is 0 Å². The van der Waals surface area contributed by atoms with Gasteiger partial charge in [0.2, 0.25) is 5.91 Å². The predicted molar refractivity (Wildman–Crippen MR) is 79.1 cm³/mol. The first kappa shape index (κ1) is 14.8. The van der Waals surface area contributed by atoms with E-state index in [1.165, 1.54) is 25.7 Å². The molecule has 3 nitrogen and oxygen atoms in total. The Hall–Kier alpha value is -0.570. The molecule has 2 rings (SSSR count). The molecule has 0 radical (unpaired) electrons. The van der Waals surface area contributed by atoms with Crippen LogP contribution in [0.25, 0.3) is 0 Å². The Morgan fingerprint density at radius 2 is 2.00 bits per heavy atom. The first-order valence-corrected chi connectivity index (χ1v) is 8.13. The second-order valence-corrected chi connectivity index (χ2v) is 6.69. The molecule has 2 aliphatic rings. The van der Waals surface area contributed by atoms with Gasteiger partial charge >= 0.3 is 0 Å². The lowest BCUT2D eigenvalue weighted by Crippen LogP contribution is -2.50. The molecule has 1 aliphatic heterocycles. The van der Waals surface area contributed by atoms with E-state index in [1.807, 2.05) is 0 Å². The van der Waals surface area contributed by atoms with Crippen LogP contribution in [-0.2, 0) is 4.79 Å². The lowest BCUT2D eigenvalue weighted by molar-refractivity contribution is -0.144. The van der Waals surface area contributed by atoms with E-state index in [2.05, 4.69) is 31.0 Å². The van der Waals surface area contributed by atoms with E-state index in [-0.39, 0.29) is 5.41 Å². The van der Waals surface area contributed by atoms with Crippen LogP contribution in [0, 0.1) is 5.41 Å². The van der Waals surface area contributed by atoms with Gasteiger partial charge in [-0.1, -0.05) is 19.8 Å². The highest BCUT2D eigenvalue weighted by atomic mass is 16.2. The summed E-state index contributed by atoms with van der Waals surface area (Å²) >= 11 is 0. The molecule has 0 spiro atoms. The molecule has 0 bridgehead atoms. The van der Waals surface area contributed by atoms with Crippen LogP contribution in [0.15, 0.2) is 0 Å². The maximum atomic E-state index is 13.0. The molecule has 1 N–H and O–H groups in total. The summed E-state index contributed by atoms with van der Waals surface area (Å²) in [4.78, 5) is 15.2. The number of carbonyl (C=O) groups is 1. The van der Waals surface area contributed by atoms with Crippen molar-refractivity contribution in [2.75, 3.05) is 13.1 Å². The maximum Gasteiger partial charge on any atom is 0.229 e. The maximum absolute atomic E-state index is 13.0. The second kappa shape index (κ2) is 6.25. The Bertz CT molecular complexity index is 302. The summed E-state index contributed by atoms with van der Waals surface area (Å²) in [6.45, 7) is 8.52. The molecule has 1 atom stereocenters. The highest BCUT2D eigenvalue weighted by Crippen LogP contribution is 2.42. The van der Waals surface area contributed by atoms with Crippen molar-refractivity contribution in [3.8, 4) is 0 Å². The standard InChI is InChI=1S/C16H30N2O/c1-4-16(9-5-6-10-16)15(19)18(13(2)3)12-14-8-7-11-17-14/h13-14,17H,4-12H2,1-3H3. The van der Waals surface area contributed by atoms with Gasteiger partial charge in [0, 0.05) is 24.0 Å². The molecule has 1 saturated heterocycles. The second-order valence-electron chi connectivity index (χ2n) is 6.69. The molecule has 3 heteroatoms. The SMILES string of the molecule is CCC1(C(=O)N(CC2CCCN2)C(C)C)CCCC1. The van der Waals surface area contributed by atoms with E-state index < -0.39 is 0 Å². The van der Waals surface area contributed by atoms with Gasteiger partial charge < -0.3 is 10.2 Å². The Labute approximate surface area is 118 Å². The molecular formula is C16H30N2O. The molecule has 1 heterocycles. The lowest BCUT2D eigenvalue weighted by atomic mass is 9.81. The number of amides is 1. The Kier molecular flexibility index (Phi) is 4.88. The average Bonchev–Trinajstić information content (AvgIpc) is 3.06. The summed E-state index contributed by atoms with van der Waals surface area (Å²) in [5.41, 5.74) is -0.0388. The van der Waals surface area contributed by atoms with Crippen LogP contribution in [0.1, 0.15) is 65.7 Å². The van der Waals surface area contributed by atoms with E-state index in [1.54, 1.807) is 0 Å². The lowest BCUT2D eigenvalue weighted by Gasteiger charge is -2.37. The minimum Gasteiger partial charge on any atom is -0.338 e. The molecule has 0 aromatic rings. The van der Waals surface area contributed by atoms with Crippen molar-refractivity contribution in [2.24, 2.45) is 5.41 Å². The van der Waals surface area contributed by atoms with Gasteiger partial charge in [0.05, 0.1) is 0 Å². The molecule has 1 unspecified atom stereocenters. The van der Waals surface area contributed by atoms with Crippen molar-refractivity contribution < 1.29 is 4.79 Å².